The molecule has 0 aliphatic heterocycles. The molecule has 0 aliphatic rings. The summed E-state index contributed by atoms with van der Waals surface area (Å²) >= 11 is 1.17. The molecule has 0 bridgehead atoms. The van der Waals surface area contributed by atoms with E-state index in [9.17, 15) is 14.4 Å². The van der Waals surface area contributed by atoms with Crippen LogP contribution in [0.1, 0.15) is 48.7 Å². The van der Waals surface area contributed by atoms with Crippen LogP contribution in [-0.4, -0.2) is 53.0 Å². The van der Waals surface area contributed by atoms with Crippen molar-refractivity contribution in [3.63, 3.8) is 0 Å². The van der Waals surface area contributed by atoms with Gasteiger partial charge >= 0.3 is 0 Å². The Hall–Kier alpha value is -2.59. The highest BCUT2D eigenvalue weighted by Crippen LogP contribution is 2.18. The van der Waals surface area contributed by atoms with E-state index in [2.05, 4.69) is 15.3 Å². The van der Waals surface area contributed by atoms with Crippen LogP contribution in [0.5, 0.6) is 0 Å². The van der Waals surface area contributed by atoms with Crippen molar-refractivity contribution in [1.29, 1.82) is 0 Å². The Balaban J connectivity index is 2.47. The smallest absolute Gasteiger partial charge is 0.243 e. The van der Waals surface area contributed by atoms with Crippen molar-refractivity contribution in [3.05, 3.63) is 23.0 Å². The van der Waals surface area contributed by atoms with Gasteiger partial charge in [-0.3, -0.25) is 19.6 Å². The van der Waals surface area contributed by atoms with Gasteiger partial charge in [0.1, 0.15) is 17.9 Å². The molecule has 1 heterocycles. The summed E-state index contributed by atoms with van der Waals surface area (Å²) in [5.41, 5.74) is 1.62. The standard InChI is InChI=1S/C17H25N5O4S/c1-13(22(2)9-6-4-3-5-7-16(25)21-26)19-15(8-10-23)20-17-18-11-14(12-24)27-17/h8,10-12,26H,3-7,9H2,1-2H3,(H,18,20)(H,21,25)/b15-8+,19-13?. The number of hydroxylamine groups is 1. The van der Waals surface area contributed by atoms with Crippen molar-refractivity contribution in [2.45, 2.75) is 39.0 Å². The summed E-state index contributed by atoms with van der Waals surface area (Å²) in [6.07, 6.45) is 7.94. The van der Waals surface area contributed by atoms with Gasteiger partial charge in [0.25, 0.3) is 0 Å². The molecule has 10 heteroatoms. The predicted octanol–water partition coefficient (Wildman–Crippen LogP) is 2.21. The summed E-state index contributed by atoms with van der Waals surface area (Å²) in [6, 6.07) is 0. The Kier molecular flexibility index (Phi) is 10.6. The first-order chi connectivity index (χ1) is 13.0. The van der Waals surface area contributed by atoms with Gasteiger partial charge in [-0.2, -0.15) is 0 Å². The summed E-state index contributed by atoms with van der Waals surface area (Å²) in [6.45, 7) is 2.62. The number of hydrogen-bond acceptors (Lipinski definition) is 8. The number of hydrogen-bond donors (Lipinski definition) is 3. The molecule has 0 spiro atoms. The third-order valence-corrected chi connectivity index (χ3v) is 4.55. The highest BCUT2D eigenvalue weighted by Gasteiger charge is 2.06. The van der Waals surface area contributed by atoms with E-state index in [1.54, 1.807) is 5.48 Å². The number of nitrogens with one attached hydrogen (secondary N) is 2. The van der Waals surface area contributed by atoms with Crippen molar-refractivity contribution < 1.29 is 19.6 Å². The van der Waals surface area contributed by atoms with E-state index >= 15 is 0 Å². The number of thiazole rings is 1. The number of allylic oxidation sites excluding steroid dienone is 1. The van der Waals surface area contributed by atoms with Crippen LogP contribution in [0.3, 0.4) is 0 Å². The second-order valence-corrected chi connectivity index (χ2v) is 6.84. The third kappa shape index (κ3) is 9.06. The molecule has 0 radical (unpaired) electrons. The average molecular weight is 395 g/mol. The zero-order valence-corrected chi connectivity index (χ0v) is 16.3. The average Bonchev–Trinajstić information content (AvgIpc) is 3.11. The predicted molar refractivity (Wildman–Crippen MR) is 104 cm³/mol. The normalized spacial score (nSPS) is 11.8. The van der Waals surface area contributed by atoms with E-state index in [1.165, 1.54) is 23.6 Å². The lowest BCUT2D eigenvalue weighted by Crippen LogP contribution is -2.26. The lowest BCUT2D eigenvalue weighted by Gasteiger charge is -2.19. The number of unbranched alkanes of at least 4 members (excludes halogenated alkanes) is 3. The van der Waals surface area contributed by atoms with Crippen LogP contribution < -0.4 is 10.8 Å². The van der Waals surface area contributed by atoms with E-state index in [0.29, 0.717) is 34.8 Å². The Labute approximate surface area is 162 Å². The number of aromatic nitrogens is 1. The quantitative estimate of drug-likeness (QED) is 0.0942. The van der Waals surface area contributed by atoms with Gasteiger partial charge in [-0.05, 0) is 19.8 Å². The van der Waals surface area contributed by atoms with Gasteiger partial charge in [0.05, 0.1) is 11.1 Å². The molecule has 9 nitrogen and oxygen atoms in total. The molecule has 1 rings (SSSR count). The van der Waals surface area contributed by atoms with Gasteiger partial charge in [0.15, 0.2) is 11.4 Å². The minimum Gasteiger partial charge on any atom is -0.363 e. The number of nitrogens with zero attached hydrogens (tertiary/aromatic N) is 3. The van der Waals surface area contributed by atoms with Crippen LogP contribution in [0.15, 0.2) is 23.1 Å². The van der Waals surface area contributed by atoms with Crippen molar-refractivity contribution in [1.82, 2.24) is 15.4 Å². The fourth-order valence-corrected chi connectivity index (χ4v) is 2.78. The zero-order chi connectivity index (χ0) is 20.1. The molecule has 1 amide bonds. The van der Waals surface area contributed by atoms with Gasteiger partial charge in [-0.15, -0.1) is 0 Å². The Morgan fingerprint density at radius 1 is 1.33 bits per heavy atom. The third-order valence-electron chi connectivity index (χ3n) is 3.71. The van der Waals surface area contributed by atoms with Gasteiger partial charge in [-0.1, -0.05) is 24.2 Å². The van der Waals surface area contributed by atoms with Crippen molar-refractivity contribution >= 4 is 40.8 Å². The monoisotopic (exact) mass is 395 g/mol. The lowest BCUT2D eigenvalue weighted by atomic mass is 10.1. The van der Waals surface area contributed by atoms with E-state index in [4.69, 9.17) is 5.21 Å². The largest absolute Gasteiger partial charge is 0.363 e. The zero-order valence-electron chi connectivity index (χ0n) is 15.5. The molecule has 0 unspecified atom stereocenters. The maximum absolute atomic E-state index is 10.9. The summed E-state index contributed by atoms with van der Waals surface area (Å²) in [5, 5.41) is 11.8. The minimum absolute atomic E-state index is 0.320. The van der Waals surface area contributed by atoms with Crippen LogP contribution >= 0.6 is 11.3 Å². The van der Waals surface area contributed by atoms with Crippen molar-refractivity contribution in [2.75, 3.05) is 18.9 Å². The van der Waals surface area contributed by atoms with E-state index < -0.39 is 0 Å². The van der Waals surface area contributed by atoms with Gasteiger partial charge in [0, 0.05) is 26.1 Å². The second kappa shape index (κ2) is 12.7. The van der Waals surface area contributed by atoms with Crippen molar-refractivity contribution in [2.24, 2.45) is 4.99 Å². The molecule has 0 saturated heterocycles. The number of carbonyl (C=O) groups is 3. The first kappa shape index (κ1) is 22.5. The Bertz CT molecular complexity index is 687. The van der Waals surface area contributed by atoms with Crippen LogP contribution in [0.2, 0.25) is 0 Å². The second-order valence-electron chi connectivity index (χ2n) is 5.78. The molecular formula is C17H25N5O4S. The maximum atomic E-state index is 10.9. The molecule has 0 atom stereocenters. The topological polar surface area (TPSA) is 124 Å². The number of amidine groups is 1. The lowest BCUT2D eigenvalue weighted by molar-refractivity contribution is -0.129. The molecule has 3 N–H and O–H groups in total. The number of rotatable bonds is 12. The van der Waals surface area contributed by atoms with E-state index in [1.807, 2.05) is 18.9 Å². The molecule has 1 aromatic heterocycles. The molecule has 1 aromatic rings. The molecule has 0 saturated carbocycles. The van der Waals surface area contributed by atoms with E-state index in [0.717, 1.165) is 38.1 Å². The number of amides is 1. The summed E-state index contributed by atoms with van der Waals surface area (Å²) in [4.78, 5) is 43.4. The van der Waals surface area contributed by atoms with Crippen LogP contribution in [0.25, 0.3) is 0 Å². The number of anilines is 1. The molecule has 0 fully saturated rings. The van der Waals surface area contributed by atoms with E-state index in [-0.39, 0.29) is 5.91 Å². The fourth-order valence-electron chi connectivity index (χ4n) is 2.15. The highest BCUT2D eigenvalue weighted by molar-refractivity contribution is 7.17. The summed E-state index contributed by atoms with van der Waals surface area (Å²) in [5.74, 6) is 0.705. The number of aliphatic imine (C=N–C) groups is 1. The first-order valence-electron chi connectivity index (χ1n) is 8.53. The van der Waals surface area contributed by atoms with Crippen molar-refractivity contribution in [3.8, 4) is 0 Å². The van der Waals surface area contributed by atoms with Gasteiger partial charge in [0.2, 0.25) is 5.91 Å². The molecule has 27 heavy (non-hydrogen) atoms. The number of carbonyl (C=O) groups excluding carboxylic acids is 3. The summed E-state index contributed by atoms with van der Waals surface area (Å²) < 4.78 is 0. The fraction of sp³-hybridized carbons (Fsp3) is 0.471. The molecular weight excluding hydrogens is 370 g/mol. The molecule has 0 aliphatic carbocycles. The Morgan fingerprint density at radius 3 is 2.70 bits per heavy atom. The maximum Gasteiger partial charge on any atom is 0.243 e. The van der Waals surface area contributed by atoms with Crippen LogP contribution in [0, 0.1) is 0 Å². The Morgan fingerprint density at radius 2 is 2.07 bits per heavy atom. The van der Waals surface area contributed by atoms with Gasteiger partial charge < -0.3 is 10.2 Å². The SMILES string of the molecule is CC(=N/C(=C\C=O)Nc1ncc(C=O)s1)N(C)CCCCCCC(=O)NO. The molecule has 148 valence electrons. The highest BCUT2D eigenvalue weighted by atomic mass is 32.1. The summed E-state index contributed by atoms with van der Waals surface area (Å²) in [7, 11) is 1.91. The minimum atomic E-state index is -0.363. The van der Waals surface area contributed by atoms with Gasteiger partial charge in [-0.25, -0.2) is 15.5 Å². The van der Waals surface area contributed by atoms with Crippen LogP contribution in [-0.2, 0) is 9.59 Å². The molecule has 0 aromatic carbocycles. The van der Waals surface area contributed by atoms with Crippen LogP contribution in [0.4, 0.5) is 5.13 Å². The number of aldehydes is 2. The first-order valence-corrected chi connectivity index (χ1v) is 9.34.